The Morgan fingerprint density at radius 3 is 2.26 bits per heavy atom. The number of carbonyl (C=O) groups excluding carboxylic acids is 2. The van der Waals surface area contributed by atoms with Crippen molar-refractivity contribution in [1.82, 2.24) is 10.2 Å². The van der Waals surface area contributed by atoms with Gasteiger partial charge in [-0.15, -0.1) is 0 Å². The summed E-state index contributed by atoms with van der Waals surface area (Å²) >= 11 is 3.38. The van der Waals surface area contributed by atoms with Gasteiger partial charge in [0.05, 0.1) is 19.1 Å². The summed E-state index contributed by atoms with van der Waals surface area (Å²) in [6.07, 6.45) is 6.42. The van der Waals surface area contributed by atoms with E-state index in [-0.39, 0.29) is 24.9 Å². The number of rotatable bonds is 12. The zero-order chi connectivity index (χ0) is 30.1. The number of ether oxygens (including phenoxy) is 1. The van der Waals surface area contributed by atoms with Gasteiger partial charge in [-0.25, -0.2) is 8.42 Å². The molecular weight excluding hydrogens is 618 g/mol. The van der Waals surface area contributed by atoms with Gasteiger partial charge in [-0.1, -0.05) is 77.7 Å². The monoisotopic (exact) mass is 655 g/mol. The van der Waals surface area contributed by atoms with Crippen LogP contribution in [0.1, 0.15) is 43.2 Å². The highest BCUT2D eigenvalue weighted by molar-refractivity contribution is 9.10. The van der Waals surface area contributed by atoms with E-state index in [1.165, 1.54) is 4.90 Å². The molecule has 1 N–H and O–H groups in total. The van der Waals surface area contributed by atoms with E-state index < -0.39 is 28.5 Å². The summed E-state index contributed by atoms with van der Waals surface area (Å²) in [5.41, 5.74) is 2.03. The second-order valence-electron chi connectivity index (χ2n) is 10.7. The first kappa shape index (κ1) is 31.6. The standard InChI is InChI=1S/C32H38BrN3O5S/c1-41-29-15-9-12-25(20-29)22-35(31(37)23-36(42(2,39)40)28-18-16-26(33)17-19-28)30(21-24-10-5-3-6-11-24)32(38)34-27-13-7-4-8-14-27/h3,5-6,9-12,15-20,27,30H,4,7-8,13-14,21-23H2,1-2H3,(H,34,38)/t30-/m0/s1. The van der Waals surface area contributed by atoms with Crippen LogP contribution >= 0.6 is 15.9 Å². The van der Waals surface area contributed by atoms with E-state index in [0.717, 1.165) is 58.3 Å². The van der Waals surface area contributed by atoms with Crippen LogP contribution < -0.4 is 14.4 Å². The Labute approximate surface area is 257 Å². The summed E-state index contributed by atoms with van der Waals surface area (Å²) in [6, 6.07) is 22.8. The summed E-state index contributed by atoms with van der Waals surface area (Å²) in [5.74, 6) is -0.0961. The normalized spacial score (nSPS) is 14.5. The lowest BCUT2D eigenvalue weighted by Crippen LogP contribution is -2.55. The van der Waals surface area contributed by atoms with Crippen LogP contribution in [-0.4, -0.2) is 57.1 Å². The molecule has 0 radical (unpaired) electrons. The fraction of sp³-hybridized carbons (Fsp3) is 0.375. The minimum Gasteiger partial charge on any atom is -0.497 e. The van der Waals surface area contributed by atoms with Crippen LogP contribution in [0.2, 0.25) is 0 Å². The van der Waals surface area contributed by atoms with Crippen molar-refractivity contribution in [3.63, 3.8) is 0 Å². The zero-order valence-corrected chi connectivity index (χ0v) is 26.4. The van der Waals surface area contributed by atoms with Gasteiger partial charge in [0.2, 0.25) is 21.8 Å². The molecular formula is C32H38BrN3O5S. The predicted molar refractivity (Wildman–Crippen MR) is 169 cm³/mol. The molecule has 0 spiro atoms. The van der Waals surface area contributed by atoms with E-state index in [9.17, 15) is 18.0 Å². The quantitative estimate of drug-likeness (QED) is 0.285. The SMILES string of the molecule is COc1cccc(CN(C(=O)CN(c2ccc(Br)cc2)S(C)(=O)=O)[C@@H](Cc2ccccc2)C(=O)NC2CCCCC2)c1. The van der Waals surface area contributed by atoms with Crippen molar-refractivity contribution in [2.75, 3.05) is 24.2 Å². The van der Waals surface area contributed by atoms with E-state index in [0.29, 0.717) is 11.4 Å². The number of hydrogen-bond donors (Lipinski definition) is 1. The molecule has 0 bridgehead atoms. The van der Waals surface area contributed by atoms with E-state index >= 15 is 0 Å². The van der Waals surface area contributed by atoms with Crippen LogP contribution in [0, 0.1) is 0 Å². The smallest absolute Gasteiger partial charge is 0.244 e. The molecule has 3 aromatic carbocycles. The lowest BCUT2D eigenvalue weighted by Gasteiger charge is -2.35. The average Bonchev–Trinajstić information content (AvgIpc) is 2.98. The number of halogens is 1. The van der Waals surface area contributed by atoms with Gasteiger partial charge in [0, 0.05) is 23.5 Å². The molecule has 0 aromatic heterocycles. The van der Waals surface area contributed by atoms with Gasteiger partial charge in [0.25, 0.3) is 0 Å². The molecule has 224 valence electrons. The van der Waals surface area contributed by atoms with E-state index in [1.807, 2.05) is 54.6 Å². The molecule has 2 amide bonds. The second kappa shape index (κ2) is 14.7. The molecule has 4 rings (SSSR count). The number of hydrogen-bond acceptors (Lipinski definition) is 5. The van der Waals surface area contributed by atoms with Gasteiger partial charge in [0.1, 0.15) is 18.3 Å². The summed E-state index contributed by atoms with van der Waals surface area (Å²) in [7, 11) is -2.25. The van der Waals surface area contributed by atoms with Crippen molar-refractivity contribution in [1.29, 1.82) is 0 Å². The minimum atomic E-state index is -3.82. The molecule has 8 nitrogen and oxygen atoms in total. The fourth-order valence-corrected chi connectivity index (χ4v) is 6.40. The third-order valence-corrected chi connectivity index (χ3v) is 9.17. The van der Waals surface area contributed by atoms with Crippen molar-refractivity contribution in [3.05, 3.63) is 94.5 Å². The molecule has 10 heteroatoms. The summed E-state index contributed by atoms with van der Waals surface area (Å²) in [5, 5.41) is 3.21. The highest BCUT2D eigenvalue weighted by Crippen LogP contribution is 2.24. The lowest BCUT2D eigenvalue weighted by atomic mass is 9.94. The number of sulfonamides is 1. The third-order valence-electron chi connectivity index (χ3n) is 7.50. The number of carbonyl (C=O) groups is 2. The van der Waals surface area contributed by atoms with Gasteiger partial charge in [-0.2, -0.15) is 0 Å². The molecule has 42 heavy (non-hydrogen) atoms. The number of amides is 2. The number of nitrogens with zero attached hydrogens (tertiary/aromatic N) is 2. The predicted octanol–water partition coefficient (Wildman–Crippen LogP) is 5.31. The molecule has 0 heterocycles. The lowest BCUT2D eigenvalue weighted by molar-refractivity contribution is -0.140. The summed E-state index contributed by atoms with van der Waals surface area (Å²) in [6.45, 7) is -0.351. The molecule has 0 saturated heterocycles. The fourth-order valence-electron chi connectivity index (χ4n) is 5.29. The molecule has 1 atom stereocenters. The molecule has 1 aliphatic carbocycles. The first-order valence-corrected chi connectivity index (χ1v) is 16.8. The van der Waals surface area contributed by atoms with Gasteiger partial charge < -0.3 is 15.0 Å². The molecule has 0 aliphatic heterocycles. The maximum atomic E-state index is 14.2. The minimum absolute atomic E-state index is 0.0496. The Hall–Kier alpha value is -3.37. The van der Waals surface area contributed by atoms with Gasteiger partial charge in [-0.05, 0) is 60.4 Å². The van der Waals surface area contributed by atoms with Crippen molar-refractivity contribution >= 4 is 43.5 Å². The number of anilines is 1. The number of benzene rings is 3. The zero-order valence-electron chi connectivity index (χ0n) is 24.0. The Balaban J connectivity index is 1.72. The van der Waals surface area contributed by atoms with Gasteiger partial charge in [0.15, 0.2) is 0 Å². The largest absolute Gasteiger partial charge is 0.497 e. The van der Waals surface area contributed by atoms with Crippen LogP contribution in [-0.2, 0) is 32.6 Å². The Morgan fingerprint density at radius 1 is 0.952 bits per heavy atom. The maximum absolute atomic E-state index is 14.2. The molecule has 3 aromatic rings. The Morgan fingerprint density at radius 2 is 1.62 bits per heavy atom. The summed E-state index contributed by atoms with van der Waals surface area (Å²) < 4.78 is 33.1. The van der Waals surface area contributed by atoms with Crippen molar-refractivity contribution in [2.45, 2.75) is 57.2 Å². The van der Waals surface area contributed by atoms with Crippen molar-refractivity contribution < 1.29 is 22.7 Å². The van der Waals surface area contributed by atoms with Crippen LogP contribution in [0.4, 0.5) is 5.69 Å². The molecule has 1 aliphatic rings. The topological polar surface area (TPSA) is 96.0 Å². The van der Waals surface area contributed by atoms with Crippen LogP contribution in [0.25, 0.3) is 0 Å². The third kappa shape index (κ3) is 8.82. The Bertz CT molecular complexity index is 1440. The van der Waals surface area contributed by atoms with E-state index in [4.69, 9.17) is 4.74 Å². The van der Waals surface area contributed by atoms with Crippen LogP contribution in [0.15, 0.2) is 83.3 Å². The number of methoxy groups -OCH3 is 1. The first-order valence-electron chi connectivity index (χ1n) is 14.1. The second-order valence-corrected chi connectivity index (χ2v) is 13.5. The van der Waals surface area contributed by atoms with Gasteiger partial charge >= 0.3 is 0 Å². The highest BCUT2D eigenvalue weighted by Gasteiger charge is 2.34. The highest BCUT2D eigenvalue weighted by atomic mass is 79.9. The van der Waals surface area contributed by atoms with Crippen molar-refractivity contribution in [2.24, 2.45) is 0 Å². The molecule has 1 fully saturated rings. The molecule has 1 saturated carbocycles. The van der Waals surface area contributed by atoms with E-state index in [1.54, 1.807) is 31.4 Å². The van der Waals surface area contributed by atoms with Crippen molar-refractivity contribution in [3.8, 4) is 5.75 Å². The number of nitrogens with one attached hydrogen (secondary N) is 1. The first-order chi connectivity index (χ1) is 20.1. The Kier molecular flexibility index (Phi) is 11.0. The average molecular weight is 657 g/mol. The van der Waals surface area contributed by atoms with Crippen LogP contribution in [0.3, 0.4) is 0 Å². The van der Waals surface area contributed by atoms with Gasteiger partial charge in [-0.3, -0.25) is 13.9 Å². The summed E-state index contributed by atoms with van der Waals surface area (Å²) in [4.78, 5) is 29.7. The maximum Gasteiger partial charge on any atom is 0.244 e. The molecule has 0 unspecified atom stereocenters. The van der Waals surface area contributed by atoms with E-state index in [2.05, 4.69) is 21.2 Å². The van der Waals surface area contributed by atoms with Crippen LogP contribution in [0.5, 0.6) is 5.75 Å².